The number of hydrogen-bond acceptors (Lipinski definition) is 4. The summed E-state index contributed by atoms with van der Waals surface area (Å²) in [7, 11) is 0. The number of benzene rings is 1. The Morgan fingerprint density at radius 2 is 1.58 bits per heavy atom. The van der Waals surface area contributed by atoms with Crippen molar-refractivity contribution in [3.05, 3.63) is 59.7 Å². The highest BCUT2D eigenvalue weighted by Gasteiger charge is 2.49. The lowest BCUT2D eigenvalue weighted by Crippen LogP contribution is -2.56. The first-order valence-electron chi connectivity index (χ1n) is 13.0. The molecule has 176 valence electrons. The van der Waals surface area contributed by atoms with E-state index in [4.69, 9.17) is 4.74 Å². The van der Waals surface area contributed by atoms with Gasteiger partial charge in [-0.25, -0.2) is 4.98 Å². The zero-order valence-electron chi connectivity index (χ0n) is 19.6. The zero-order valence-corrected chi connectivity index (χ0v) is 19.6. The third-order valence-electron chi connectivity index (χ3n) is 8.95. The Hall–Kier alpha value is -1.98. The van der Waals surface area contributed by atoms with Crippen LogP contribution in [0.5, 0.6) is 0 Å². The Labute approximate surface area is 197 Å². The zero-order chi connectivity index (χ0) is 22.3. The molecule has 1 aliphatic carbocycles. The van der Waals surface area contributed by atoms with Gasteiger partial charge in [-0.05, 0) is 93.1 Å². The van der Waals surface area contributed by atoms with Crippen LogP contribution in [-0.2, 0) is 4.74 Å². The van der Waals surface area contributed by atoms with Crippen molar-refractivity contribution in [1.29, 1.82) is 0 Å². The fourth-order valence-corrected chi connectivity index (χ4v) is 7.12. The van der Waals surface area contributed by atoms with Gasteiger partial charge in [-0.3, -0.25) is 0 Å². The van der Waals surface area contributed by atoms with Gasteiger partial charge in [-0.15, -0.1) is 0 Å². The van der Waals surface area contributed by atoms with E-state index in [1.54, 1.807) is 17.3 Å². The van der Waals surface area contributed by atoms with Gasteiger partial charge in [0, 0.05) is 37.8 Å². The Kier molecular flexibility index (Phi) is 5.87. The van der Waals surface area contributed by atoms with E-state index in [2.05, 4.69) is 39.0 Å². The van der Waals surface area contributed by atoms with Crippen LogP contribution in [0.4, 0.5) is 10.1 Å². The lowest BCUT2D eigenvalue weighted by atomic mass is 9.77. The number of rotatable bonds is 4. The monoisotopic (exact) mass is 449 g/mol. The Bertz CT molecular complexity index is 944. The van der Waals surface area contributed by atoms with Crippen LogP contribution in [0.3, 0.4) is 0 Å². The smallest absolute Gasteiger partial charge is 0.212 e. The fraction of sp³-hybridized carbons (Fsp3) is 0.607. The molecule has 5 heteroatoms. The Balaban J connectivity index is 1.04. The molecule has 4 heterocycles. The standard InChI is InChI=1S/C28H36FN3O/c29-27-6-5-24(18-30-27)32-19-28(20-32)12-7-23(17-28)31-13-8-21(9-14-31)25-3-1-2-4-26(25)22-10-15-33-16-11-22/h1-6,18,21-23H,7-17,19-20H2/t23-/m1/s1. The molecule has 1 aromatic heterocycles. The molecular formula is C28H36FN3O. The quantitative estimate of drug-likeness (QED) is 0.588. The molecule has 4 aliphatic rings. The van der Waals surface area contributed by atoms with Crippen LogP contribution in [0.15, 0.2) is 42.6 Å². The van der Waals surface area contributed by atoms with Gasteiger partial charge in [0.05, 0.1) is 11.9 Å². The van der Waals surface area contributed by atoms with E-state index in [-0.39, 0.29) is 0 Å². The number of aromatic nitrogens is 1. The van der Waals surface area contributed by atoms with Crippen LogP contribution in [0, 0.1) is 11.4 Å². The largest absolute Gasteiger partial charge is 0.381 e. The van der Waals surface area contributed by atoms with Crippen molar-refractivity contribution in [2.24, 2.45) is 5.41 Å². The van der Waals surface area contributed by atoms with Crippen molar-refractivity contribution in [3.63, 3.8) is 0 Å². The maximum absolute atomic E-state index is 13.1. The van der Waals surface area contributed by atoms with E-state index in [1.165, 1.54) is 64.1 Å². The van der Waals surface area contributed by atoms with Crippen LogP contribution >= 0.6 is 0 Å². The van der Waals surface area contributed by atoms with Gasteiger partial charge >= 0.3 is 0 Å². The highest BCUT2D eigenvalue weighted by Crippen LogP contribution is 2.49. The van der Waals surface area contributed by atoms with Gasteiger partial charge in [0.15, 0.2) is 0 Å². The predicted octanol–water partition coefficient (Wildman–Crippen LogP) is 5.35. The van der Waals surface area contributed by atoms with E-state index in [1.807, 2.05) is 6.07 Å². The minimum Gasteiger partial charge on any atom is -0.381 e. The third kappa shape index (κ3) is 4.30. The summed E-state index contributed by atoms with van der Waals surface area (Å²) in [6.45, 7) is 6.50. The van der Waals surface area contributed by atoms with Gasteiger partial charge in [-0.1, -0.05) is 24.3 Å². The first kappa shape index (κ1) is 21.5. The maximum atomic E-state index is 13.1. The van der Waals surface area contributed by atoms with E-state index < -0.39 is 5.95 Å². The summed E-state index contributed by atoms with van der Waals surface area (Å²) in [4.78, 5) is 9.00. The summed E-state index contributed by atoms with van der Waals surface area (Å²) in [5.74, 6) is 0.995. The van der Waals surface area contributed by atoms with Crippen LogP contribution in [0.25, 0.3) is 0 Å². The number of pyridine rings is 1. The molecule has 1 aromatic carbocycles. The Morgan fingerprint density at radius 3 is 2.24 bits per heavy atom. The first-order chi connectivity index (χ1) is 16.2. The van der Waals surface area contributed by atoms with E-state index in [0.29, 0.717) is 17.3 Å². The molecule has 6 rings (SSSR count). The minimum atomic E-state index is -0.395. The highest BCUT2D eigenvalue weighted by molar-refractivity contribution is 5.48. The minimum absolute atomic E-state index is 0.395. The third-order valence-corrected chi connectivity index (χ3v) is 8.95. The summed E-state index contributed by atoms with van der Waals surface area (Å²) >= 11 is 0. The normalized spacial score (nSPS) is 26.6. The molecule has 3 aliphatic heterocycles. The number of anilines is 1. The first-order valence-corrected chi connectivity index (χ1v) is 13.0. The summed E-state index contributed by atoms with van der Waals surface area (Å²) < 4.78 is 18.8. The summed E-state index contributed by atoms with van der Waals surface area (Å²) in [6.07, 6.45) is 10.6. The fourth-order valence-electron chi connectivity index (χ4n) is 7.12. The molecule has 1 saturated carbocycles. The van der Waals surface area contributed by atoms with Gasteiger partial charge in [0.2, 0.25) is 5.95 Å². The Morgan fingerprint density at radius 1 is 0.879 bits per heavy atom. The van der Waals surface area contributed by atoms with E-state index in [9.17, 15) is 4.39 Å². The molecule has 1 atom stereocenters. The summed E-state index contributed by atoms with van der Waals surface area (Å²) in [5, 5.41) is 0. The van der Waals surface area contributed by atoms with Gasteiger partial charge in [0.1, 0.15) is 0 Å². The van der Waals surface area contributed by atoms with Crippen LogP contribution in [0.2, 0.25) is 0 Å². The summed E-state index contributed by atoms with van der Waals surface area (Å²) in [5.41, 5.74) is 4.75. The van der Waals surface area contributed by atoms with Crippen molar-refractivity contribution in [1.82, 2.24) is 9.88 Å². The van der Waals surface area contributed by atoms with Gasteiger partial charge < -0.3 is 14.5 Å². The lowest BCUT2D eigenvalue weighted by Gasteiger charge is -2.50. The molecule has 33 heavy (non-hydrogen) atoms. The number of nitrogens with zero attached hydrogens (tertiary/aromatic N) is 3. The molecule has 0 radical (unpaired) electrons. The number of ether oxygens (including phenoxy) is 1. The van der Waals surface area contributed by atoms with Crippen molar-refractivity contribution in [3.8, 4) is 0 Å². The van der Waals surface area contributed by atoms with Crippen LogP contribution in [-0.4, -0.2) is 55.3 Å². The second-order valence-electron chi connectivity index (χ2n) is 10.9. The molecule has 1 spiro atoms. The van der Waals surface area contributed by atoms with E-state index >= 15 is 0 Å². The SMILES string of the molecule is Fc1ccc(N2CC3(CC[C@@H](N4CCC(c5ccccc5C5CCOCC5)CC4)C3)C2)cn1. The molecule has 0 unspecified atom stereocenters. The molecule has 0 amide bonds. The second kappa shape index (κ2) is 8.99. The average molecular weight is 450 g/mol. The van der Waals surface area contributed by atoms with Gasteiger partial charge in [-0.2, -0.15) is 4.39 Å². The number of likely N-dealkylation sites (tertiary alicyclic amines) is 1. The molecule has 2 aromatic rings. The average Bonchev–Trinajstić information content (AvgIpc) is 3.31. The van der Waals surface area contributed by atoms with Crippen LogP contribution < -0.4 is 4.90 Å². The topological polar surface area (TPSA) is 28.6 Å². The van der Waals surface area contributed by atoms with E-state index in [0.717, 1.165) is 38.0 Å². The molecule has 3 saturated heterocycles. The lowest BCUT2D eigenvalue weighted by molar-refractivity contribution is 0.0848. The second-order valence-corrected chi connectivity index (χ2v) is 10.9. The molecule has 4 nitrogen and oxygen atoms in total. The highest BCUT2D eigenvalue weighted by atomic mass is 19.1. The molecule has 0 bridgehead atoms. The molecular weight excluding hydrogens is 413 g/mol. The van der Waals surface area contributed by atoms with Gasteiger partial charge in [0.25, 0.3) is 0 Å². The maximum Gasteiger partial charge on any atom is 0.212 e. The predicted molar refractivity (Wildman–Crippen MR) is 129 cm³/mol. The number of halogens is 1. The molecule has 4 fully saturated rings. The van der Waals surface area contributed by atoms with Crippen molar-refractivity contribution < 1.29 is 9.13 Å². The van der Waals surface area contributed by atoms with Crippen molar-refractivity contribution in [2.45, 2.75) is 62.8 Å². The van der Waals surface area contributed by atoms with Crippen molar-refractivity contribution >= 4 is 5.69 Å². The molecule has 0 N–H and O–H groups in total. The number of hydrogen-bond donors (Lipinski definition) is 0. The van der Waals surface area contributed by atoms with Crippen molar-refractivity contribution in [2.75, 3.05) is 44.3 Å². The number of piperidine rings is 1. The summed E-state index contributed by atoms with van der Waals surface area (Å²) in [6, 6.07) is 13.3. The van der Waals surface area contributed by atoms with Crippen LogP contribution in [0.1, 0.15) is 67.9 Å².